The van der Waals surface area contributed by atoms with Crippen molar-refractivity contribution in [3.05, 3.63) is 187 Å². The van der Waals surface area contributed by atoms with Crippen molar-refractivity contribution < 1.29 is 0 Å². The van der Waals surface area contributed by atoms with Crippen molar-refractivity contribution in [3.63, 3.8) is 0 Å². The summed E-state index contributed by atoms with van der Waals surface area (Å²) in [6, 6.07) is 61.1. The second-order valence-electron chi connectivity index (χ2n) is 14.0. The predicted octanol–water partition coefficient (Wildman–Crippen LogP) is 12.1. The third kappa shape index (κ3) is 5.89. The van der Waals surface area contributed by atoms with E-state index in [0.29, 0.717) is 23.0 Å². The first-order valence-electron chi connectivity index (χ1n) is 17.8. The van der Waals surface area contributed by atoms with E-state index in [1.807, 2.05) is 24.3 Å². The van der Waals surface area contributed by atoms with Crippen LogP contribution in [0.2, 0.25) is 0 Å². The molecule has 4 nitrogen and oxygen atoms in total. The van der Waals surface area contributed by atoms with E-state index in [9.17, 15) is 5.26 Å². The Hall–Kier alpha value is -6.96. The summed E-state index contributed by atoms with van der Waals surface area (Å²) in [7, 11) is 0. The van der Waals surface area contributed by atoms with Gasteiger partial charge in [-0.3, -0.25) is 0 Å². The molecule has 4 heteroatoms. The number of hydrogen-bond acceptors (Lipinski definition) is 4. The first kappa shape index (κ1) is 32.0. The topological polar surface area (TPSA) is 62.5 Å². The Kier molecular flexibility index (Phi) is 7.83. The third-order valence-corrected chi connectivity index (χ3v) is 10.4. The Morgan fingerprint density at radius 1 is 0.377 bits per heavy atom. The maximum atomic E-state index is 9.58. The lowest BCUT2D eigenvalue weighted by molar-refractivity contribution is 0.660. The quantitative estimate of drug-likeness (QED) is 0.176. The van der Waals surface area contributed by atoms with Crippen molar-refractivity contribution in [2.75, 3.05) is 0 Å². The van der Waals surface area contributed by atoms with Crippen LogP contribution in [0.1, 0.15) is 30.5 Å². The van der Waals surface area contributed by atoms with Gasteiger partial charge in [-0.2, -0.15) is 5.26 Å². The lowest BCUT2D eigenvalue weighted by atomic mass is 9.81. The Bertz CT molecular complexity index is 2570. The van der Waals surface area contributed by atoms with Crippen molar-refractivity contribution in [3.8, 4) is 84.7 Å². The van der Waals surface area contributed by atoms with Crippen LogP contribution in [-0.2, 0) is 5.41 Å². The predicted molar refractivity (Wildman–Crippen MR) is 215 cm³/mol. The van der Waals surface area contributed by atoms with E-state index in [1.165, 1.54) is 22.3 Å². The highest BCUT2D eigenvalue weighted by Gasteiger charge is 2.35. The van der Waals surface area contributed by atoms with E-state index in [0.717, 1.165) is 50.1 Å². The van der Waals surface area contributed by atoms with Crippen LogP contribution in [-0.4, -0.2) is 15.0 Å². The maximum absolute atomic E-state index is 9.58. The summed E-state index contributed by atoms with van der Waals surface area (Å²) in [4.78, 5) is 15.2. The molecule has 0 atom stereocenters. The largest absolute Gasteiger partial charge is 0.208 e. The molecular weight excluding hydrogens is 645 g/mol. The van der Waals surface area contributed by atoms with Crippen molar-refractivity contribution in [1.82, 2.24) is 15.0 Å². The van der Waals surface area contributed by atoms with E-state index in [-0.39, 0.29) is 5.41 Å². The molecule has 0 fully saturated rings. The number of benzene rings is 7. The van der Waals surface area contributed by atoms with Crippen LogP contribution >= 0.6 is 0 Å². The van der Waals surface area contributed by atoms with Gasteiger partial charge in [0, 0.05) is 22.1 Å². The molecule has 1 aliphatic rings. The fourth-order valence-electron chi connectivity index (χ4n) is 7.47. The van der Waals surface area contributed by atoms with Crippen molar-refractivity contribution in [1.29, 1.82) is 5.26 Å². The molecule has 7 aromatic carbocycles. The average molecular weight is 679 g/mol. The third-order valence-electron chi connectivity index (χ3n) is 10.4. The molecule has 8 aromatic rings. The number of fused-ring (bicyclic) bond motifs is 3. The molecule has 0 aliphatic heterocycles. The van der Waals surface area contributed by atoms with Gasteiger partial charge in [-0.25, -0.2) is 15.0 Å². The lowest BCUT2D eigenvalue weighted by Crippen LogP contribution is -2.15. The molecule has 0 spiro atoms. The molecule has 1 heterocycles. The van der Waals surface area contributed by atoms with Gasteiger partial charge in [0.05, 0.1) is 11.6 Å². The molecular formula is C49H34N4. The molecule has 53 heavy (non-hydrogen) atoms. The number of aromatic nitrogens is 3. The van der Waals surface area contributed by atoms with Crippen LogP contribution in [0.15, 0.2) is 170 Å². The van der Waals surface area contributed by atoms with Crippen molar-refractivity contribution in [2.24, 2.45) is 0 Å². The van der Waals surface area contributed by atoms with E-state index in [4.69, 9.17) is 15.0 Å². The fraction of sp³-hybridized carbons (Fsp3) is 0.0612. The van der Waals surface area contributed by atoms with Gasteiger partial charge < -0.3 is 0 Å². The highest BCUT2D eigenvalue weighted by Crippen LogP contribution is 2.50. The highest BCUT2D eigenvalue weighted by atomic mass is 15.0. The summed E-state index contributed by atoms with van der Waals surface area (Å²) in [6.07, 6.45) is 0. The molecule has 250 valence electrons. The minimum atomic E-state index is -0.227. The molecule has 0 amide bonds. The number of rotatable bonds is 6. The van der Waals surface area contributed by atoms with Gasteiger partial charge in [-0.15, -0.1) is 0 Å². The molecule has 0 saturated heterocycles. The van der Waals surface area contributed by atoms with Crippen molar-refractivity contribution >= 4 is 0 Å². The van der Waals surface area contributed by atoms with Crippen LogP contribution in [0.5, 0.6) is 0 Å². The molecule has 0 radical (unpaired) electrons. The van der Waals surface area contributed by atoms with Gasteiger partial charge in [0.25, 0.3) is 0 Å². The minimum absolute atomic E-state index is 0.227. The number of nitrogens with zero attached hydrogens (tertiary/aromatic N) is 4. The molecule has 0 saturated carbocycles. The minimum Gasteiger partial charge on any atom is -0.208 e. The van der Waals surface area contributed by atoms with Gasteiger partial charge in [-0.05, 0) is 79.9 Å². The average Bonchev–Trinajstić information content (AvgIpc) is 3.46. The maximum Gasteiger partial charge on any atom is 0.164 e. The summed E-state index contributed by atoms with van der Waals surface area (Å²) in [5, 5.41) is 9.58. The smallest absolute Gasteiger partial charge is 0.164 e. The van der Waals surface area contributed by atoms with Crippen LogP contribution in [0, 0.1) is 11.3 Å². The first-order chi connectivity index (χ1) is 25.9. The van der Waals surface area contributed by atoms with Crippen LogP contribution < -0.4 is 0 Å². The first-order valence-corrected chi connectivity index (χ1v) is 17.8. The zero-order chi connectivity index (χ0) is 35.9. The van der Waals surface area contributed by atoms with E-state index in [2.05, 4.69) is 166 Å². The summed E-state index contributed by atoms with van der Waals surface area (Å²) in [5.41, 5.74) is 14.9. The Morgan fingerprint density at radius 3 is 1.32 bits per heavy atom. The summed E-state index contributed by atoms with van der Waals surface area (Å²) in [6.45, 7) is 4.48. The van der Waals surface area contributed by atoms with Crippen LogP contribution in [0.4, 0.5) is 0 Å². The standard InChI is InChI=1S/C49H34N4/c1-49(2)44-28-32(31-50)16-26-42(44)43-27-25-40(30-45(43)49)39-14-9-15-41(29-39)48-52-46(37-21-17-35(18-22-37)33-10-5-3-6-11-33)51-47(53-48)38-23-19-36(20-24-38)34-12-7-4-8-13-34/h3-30H,1-2H3. The van der Waals surface area contributed by atoms with Crippen LogP contribution in [0.3, 0.4) is 0 Å². The summed E-state index contributed by atoms with van der Waals surface area (Å²) >= 11 is 0. The molecule has 0 unspecified atom stereocenters. The van der Waals surface area contributed by atoms with E-state index < -0.39 is 0 Å². The lowest BCUT2D eigenvalue weighted by Gasteiger charge is -2.22. The second-order valence-corrected chi connectivity index (χ2v) is 14.0. The highest BCUT2D eigenvalue weighted by molar-refractivity contribution is 5.85. The van der Waals surface area contributed by atoms with Crippen molar-refractivity contribution in [2.45, 2.75) is 19.3 Å². The molecule has 1 aliphatic carbocycles. The second kappa shape index (κ2) is 13.0. The molecule has 0 N–H and O–H groups in total. The number of nitriles is 1. The Labute approximate surface area is 309 Å². The Morgan fingerprint density at radius 2 is 0.774 bits per heavy atom. The molecule has 1 aromatic heterocycles. The van der Waals surface area contributed by atoms with Gasteiger partial charge in [0.1, 0.15) is 0 Å². The molecule has 0 bridgehead atoms. The SMILES string of the molecule is CC1(C)c2cc(C#N)ccc2-c2ccc(-c3cccc(-c4nc(-c5ccc(-c6ccccc6)cc5)nc(-c5ccc(-c6ccccc6)cc5)n4)c3)cc21. The number of hydrogen-bond donors (Lipinski definition) is 0. The van der Waals surface area contributed by atoms with Gasteiger partial charge in [-0.1, -0.05) is 159 Å². The van der Waals surface area contributed by atoms with E-state index >= 15 is 0 Å². The normalized spacial score (nSPS) is 12.5. The summed E-state index contributed by atoms with van der Waals surface area (Å²) < 4.78 is 0. The van der Waals surface area contributed by atoms with Gasteiger partial charge in [0.15, 0.2) is 17.5 Å². The zero-order valence-corrected chi connectivity index (χ0v) is 29.5. The summed E-state index contributed by atoms with van der Waals surface area (Å²) in [5.74, 6) is 1.86. The van der Waals surface area contributed by atoms with E-state index in [1.54, 1.807) is 0 Å². The molecule has 9 rings (SSSR count). The fourth-order valence-corrected chi connectivity index (χ4v) is 7.47. The van der Waals surface area contributed by atoms with Gasteiger partial charge >= 0.3 is 0 Å². The monoisotopic (exact) mass is 678 g/mol. The zero-order valence-electron chi connectivity index (χ0n) is 29.5. The van der Waals surface area contributed by atoms with Crippen LogP contribution in [0.25, 0.3) is 78.7 Å². The Balaban J connectivity index is 1.12. The van der Waals surface area contributed by atoms with Gasteiger partial charge in [0.2, 0.25) is 0 Å².